The zero-order valence-electron chi connectivity index (χ0n) is 13.6. The van der Waals surface area contributed by atoms with Crippen molar-refractivity contribution in [2.45, 2.75) is 43.9 Å². The van der Waals surface area contributed by atoms with Crippen LogP contribution in [0.25, 0.3) is 0 Å². The summed E-state index contributed by atoms with van der Waals surface area (Å²) in [4.78, 5) is 11.3. The van der Waals surface area contributed by atoms with Gasteiger partial charge in [0, 0.05) is 14.0 Å². The molecule has 0 aliphatic carbocycles. The zero-order valence-corrected chi connectivity index (χ0v) is 13.6. The SMILES string of the molecule is CO[C@H]1O[C@@](CO)(OCc2ccccc2)[C@H](O)[C@@H](O)C1NC(C)=O. The van der Waals surface area contributed by atoms with E-state index in [0.29, 0.717) is 0 Å². The fraction of sp³-hybridized carbons (Fsp3) is 0.562. The van der Waals surface area contributed by atoms with Crippen LogP contribution in [0.2, 0.25) is 0 Å². The van der Waals surface area contributed by atoms with E-state index in [1.54, 1.807) is 0 Å². The number of aliphatic hydroxyl groups excluding tert-OH is 3. The fourth-order valence-corrected chi connectivity index (χ4v) is 2.62. The highest BCUT2D eigenvalue weighted by molar-refractivity contribution is 5.73. The third-order valence-corrected chi connectivity index (χ3v) is 3.90. The number of carbonyl (C=O) groups is 1. The van der Waals surface area contributed by atoms with Crippen LogP contribution in [0, 0.1) is 0 Å². The molecular formula is C16H23NO7. The molecule has 1 amide bonds. The number of hydrogen-bond acceptors (Lipinski definition) is 7. The van der Waals surface area contributed by atoms with Crippen molar-refractivity contribution in [1.82, 2.24) is 5.32 Å². The van der Waals surface area contributed by atoms with E-state index in [9.17, 15) is 20.1 Å². The van der Waals surface area contributed by atoms with Crippen LogP contribution in [0.4, 0.5) is 0 Å². The molecule has 1 aliphatic rings. The van der Waals surface area contributed by atoms with Crippen LogP contribution in [0.1, 0.15) is 12.5 Å². The van der Waals surface area contributed by atoms with Crippen molar-refractivity contribution in [3.8, 4) is 0 Å². The van der Waals surface area contributed by atoms with Gasteiger partial charge >= 0.3 is 0 Å². The Morgan fingerprint density at radius 2 is 2.00 bits per heavy atom. The van der Waals surface area contributed by atoms with Crippen LogP contribution in [-0.2, 0) is 25.6 Å². The van der Waals surface area contributed by atoms with Crippen molar-refractivity contribution in [1.29, 1.82) is 0 Å². The molecule has 1 aliphatic heterocycles. The second kappa shape index (κ2) is 8.02. The zero-order chi connectivity index (χ0) is 17.7. The Kier molecular flexibility index (Phi) is 6.27. The van der Waals surface area contributed by atoms with Crippen molar-refractivity contribution in [2.75, 3.05) is 13.7 Å². The standard InChI is InChI=1S/C16H23NO7/c1-10(19)17-12-13(20)14(21)16(9-18,24-15(12)22-2)23-8-11-6-4-3-5-7-11/h3-7,12-15,18,20-21H,8-9H2,1-2H3,(H,17,19)/t12?,13-,14+,15-,16+/m0/s1. The highest BCUT2D eigenvalue weighted by Crippen LogP contribution is 2.32. The van der Waals surface area contributed by atoms with Crippen molar-refractivity contribution in [3.05, 3.63) is 35.9 Å². The third kappa shape index (κ3) is 3.92. The lowest BCUT2D eigenvalue weighted by molar-refractivity contribution is -0.393. The van der Waals surface area contributed by atoms with E-state index in [0.717, 1.165) is 5.56 Å². The van der Waals surface area contributed by atoms with Gasteiger partial charge in [0.15, 0.2) is 6.29 Å². The van der Waals surface area contributed by atoms with Gasteiger partial charge in [-0.2, -0.15) is 0 Å². The lowest BCUT2D eigenvalue weighted by atomic mass is 9.94. The molecule has 0 spiro atoms. The van der Waals surface area contributed by atoms with Gasteiger partial charge in [0.2, 0.25) is 11.7 Å². The molecule has 0 bridgehead atoms. The molecule has 0 radical (unpaired) electrons. The van der Waals surface area contributed by atoms with Gasteiger partial charge in [0.25, 0.3) is 0 Å². The van der Waals surface area contributed by atoms with Crippen molar-refractivity contribution in [2.24, 2.45) is 0 Å². The summed E-state index contributed by atoms with van der Waals surface area (Å²) in [5.74, 6) is -2.29. The van der Waals surface area contributed by atoms with Crippen molar-refractivity contribution < 1.29 is 34.3 Å². The van der Waals surface area contributed by atoms with E-state index in [-0.39, 0.29) is 6.61 Å². The molecule has 8 heteroatoms. The smallest absolute Gasteiger partial charge is 0.223 e. The molecule has 0 saturated carbocycles. The van der Waals surface area contributed by atoms with Crippen LogP contribution in [0.3, 0.4) is 0 Å². The number of ether oxygens (including phenoxy) is 3. The minimum Gasteiger partial charge on any atom is -0.391 e. The first-order valence-electron chi connectivity index (χ1n) is 7.56. The predicted octanol–water partition coefficient (Wildman–Crippen LogP) is -0.879. The van der Waals surface area contributed by atoms with Gasteiger partial charge in [-0.1, -0.05) is 30.3 Å². The number of methoxy groups -OCH3 is 1. The number of nitrogens with one attached hydrogen (secondary N) is 1. The Morgan fingerprint density at radius 1 is 1.33 bits per heavy atom. The fourth-order valence-electron chi connectivity index (χ4n) is 2.62. The van der Waals surface area contributed by atoms with Gasteiger partial charge in [0.05, 0.1) is 6.61 Å². The number of aliphatic hydroxyl groups is 3. The molecule has 1 heterocycles. The van der Waals surface area contributed by atoms with E-state index in [2.05, 4.69) is 5.32 Å². The number of amides is 1. The van der Waals surface area contributed by atoms with E-state index in [1.807, 2.05) is 30.3 Å². The van der Waals surface area contributed by atoms with E-state index in [4.69, 9.17) is 14.2 Å². The molecule has 1 unspecified atom stereocenters. The van der Waals surface area contributed by atoms with E-state index >= 15 is 0 Å². The Balaban J connectivity index is 2.18. The quantitative estimate of drug-likeness (QED) is 0.531. The predicted molar refractivity (Wildman–Crippen MR) is 82.5 cm³/mol. The average molecular weight is 341 g/mol. The first kappa shape index (κ1) is 18.8. The molecule has 2 rings (SSSR count). The molecule has 1 aromatic carbocycles. The van der Waals surface area contributed by atoms with Gasteiger partial charge in [-0.3, -0.25) is 4.79 Å². The molecule has 1 saturated heterocycles. The Hall–Kier alpha value is -1.55. The second-order valence-corrected chi connectivity index (χ2v) is 5.63. The Morgan fingerprint density at radius 3 is 2.54 bits per heavy atom. The summed E-state index contributed by atoms with van der Waals surface area (Å²) in [7, 11) is 1.32. The maximum atomic E-state index is 11.3. The summed E-state index contributed by atoms with van der Waals surface area (Å²) in [6.45, 7) is 0.614. The topological polar surface area (TPSA) is 117 Å². The molecular weight excluding hydrogens is 318 g/mol. The number of rotatable bonds is 6. The van der Waals surface area contributed by atoms with Gasteiger partial charge < -0.3 is 34.8 Å². The van der Waals surface area contributed by atoms with Crippen LogP contribution in [0.5, 0.6) is 0 Å². The molecule has 134 valence electrons. The van der Waals surface area contributed by atoms with Crippen molar-refractivity contribution in [3.63, 3.8) is 0 Å². The number of benzene rings is 1. The van der Waals surface area contributed by atoms with Gasteiger partial charge in [-0.15, -0.1) is 0 Å². The van der Waals surface area contributed by atoms with Crippen LogP contribution in [-0.4, -0.2) is 65.3 Å². The van der Waals surface area contributed by atoms with Gasteiger partial charge in [-0.05, 0) is 5.56 Å². The summed E-state index contributed by atoms with van der Waals surface area (Å²) in [6, 6.07) is 8.11. The molecule has 4 N–H and O–H groups in total. The van der Waals surface area contributed by atoms with Crippen LogP contribution in [0.15, 0.2) is 30.3 Å². The Bertz CT molecular complexity index is 538. The summed E-state index contributed by atoms with van der Waals surface area (Å²) in [6.07, 6.45) is -4.14. The summed E-state index contributed by atoms with van der Waals surface area (Å²) in [5, 5.41) is 32.9. The van der Waals surface area contributed by atoms with E-state index in [1.165, 1.54) is 14.0 Å². The third-order valence-electron chi connectivity index (χ3n) is 3.90. The minimum atomic E-state index is -1.87. The van der Waals surface area contributed by atoms with Gasteiger partial charge in [0.1, 0.15) is 24.9 Å². The molecule has 1 fully saturated rings. The Labute approximate surface area is 140 Å². The number of hydrogen-bond donors (Lipinski definition) is 4. The second-order valence-electron chi connectivity index (χ2n) is 5.63. The first-order chi connectivity index (χ1) is 11.4. The first-order valence-corrected chi connectivity index (χ1v) is 7.56. The molecule has 0 aromatic heterocycles. The maximum Gasteiger partial charge on any atom is 0.223 e. The highest BCUT2D eigenvalue weighted by Gasteiger charge is 2.55. The van der Waals surface area contributed by atoms with E-state index < -0.39 is 42.8 Å². The lowest BCUT2D eigenvalue weighted by Crippen LogP contribution is -2.70. The number of carbonyl (C=O) groups excluding carboxylic acids is 1. The van der Waals surface area contributed by atoms with Crippen LogP contribution >= 0.6 is 0 Å². The maximum absolute atomic E-state index is 11.3. The molecule has 5 atom stereocenters. The molecule has 24 heavy (non-hydrogen) atoms. The largest absolute Gasteiger partial charge is 0.391 e. The molecule has 1 aromatic rings. The lowest BCUT2D eigenvalue weighted by Gasteiger charge is -2.48. The van der Waals surface area contributed by atoms with Gasteiger partial charge in [-0.25, -0.2) is 0 Å². The van der Waals surface area contributed by atoms with Crippen LogP contribution < -0.4 is 5.32 Å². The summed E-state index contributed by atoms with van der Waals surface area (Å²) >= 11 is 0. The molecule has 8 nitrogen and oxygen atoms in total. The summed E-state index contributed by atoms with van der Waals surface area (Å²) < 4.78 is 16.3. The van der Waals surface area contributed by atoms with Crippen molar-refractivity contribution >= 4 is 5.91 Å². The average Bonchev–Trinajstić information content (AvgIpc) is 2.59. The highest BCUT2D eigenvalue weighted by atomic mass is 16.8. The minimum absolute atomic E-state index is 0.0480. The summed E-state index contributed by atoms with van der Waals surface area (Å²) in [5.41, 5.74) is 0.800. The normalized spacial score (nSPS) is 33.2. The monoisotopic (exact) mass is 341 g/mol.